The number of benzene rings is 1. The highest BCUT2D eigenvalue weighted by Crippen LogP contribution is 2.40. The van der Waals surface area contributed by atoms with E-state index < -0.39 is 11.5 Å². The topological polar surface area (TPSA) is 97.1 Å². The zero-order chi connectivity index (χ0) is 15.7. The van der Waals surface area contributed by atoms with Crippen LogP contribution in [0.5, 0.6) is 0 Å². The van der Waals surface area contributed by atoms with Crippen LogP contribution in [0.1, 0.15) is 42.5 Å². The number of rotatable bonds is 2. The fourth-order valence-electron chi connectivity index (χ4n) is 3.29. The summed E-state index contributed by atoms with van der Waals surface area (Å²) >= 11 is 0. The van der Waals surface area contributed by atoms with Crippen molar-refractivity contribution in [2.45, 2.75) is 37.8 Å². The van der Waals surface area contributed by atoms with Gasteiger partial charge in [-0.15, -0.1) is 0 Å². The summed E-state index contributed by atoms with van der Waals surface area (Å²) < 4.78 is 13.4. The summed E-state index contributed by atoms with van der Waals surface area (Å²) in [5, 5.41) is 0. The normalized spacial score (nSPS) is 20.5. The number of halogens is 1. The van der Waals surface area contributed by atoms with Gasteiger partial charge in [0.1, 0.15) is 11.5 Å². The van der Waals surface area contributed by atoms with Crippen molar-refractivity contribution in [1.82, 2.24) is 0 Å². The molecule has 0 saturated heterocycles. The van der Waals surface area contributed by atoms with Gasteiger partial charge in [0.2, 0.25) is 11.9 Å². The molecule has 22 heavy (non-hydrogen) atoms. The molecule has 1 spiro atoms. The van der Waals surface area contributed by atoms with Crippen molar-refractivity contribution >= 4 is 23.9 Å². The molecule has 0 atom stereocenters. The molecule has 0 radical (unpaired) electrons. The van der Waals surface area contributed by atoms with Gasteiger partial charge in [-0.2, -0.15) is 4.99 Å². The van der Waals surface area contributed by atoms with Gasteiger partial charge in [0.25, 0.3) is 0 Å². The molecule has 0 aromatic heterocycles. The molecule has 0 unspecified atom stereocenters. The van der Waals surface area contributed by atoms with Crippen molar-refractivity contribution in [1.29, 1.82) is 0 Å². The van der Waals surface area contributed by atoms with Crippen LogP contribution in [-0.4, -0.2) is 23.9 Å². The third-order valence-corrected chi connectivity index (χ3v) is 4.21. The molecule has 2 aliphatic rings. The van der Waals surface area contributed by atoms with Crippen LogP contribution in [0.3, 0.4) is 0 Å². The summed E-state index contributed by atoms with van der Waals surface area (Å²) in [5.41, 5.74) is 12.0. The predicted molar refractivity (Wildman–Crippen MR) is 83.3 cm³/mol. The number of nitrogens with zero attached hydrogens (tertiary/aromatic N) is 3. The highest BCUT2D eigenvalue weighted by molar-refractivity contribution is 6.07. The lowest BCUT2D eigenvalue weighted by atomic mass is 9.87. The van der Waals surface area contributed by atoms with Crippen molar-refractivity contribution in [3.05, 3.63) is 29.6 Å². The lowest BCUT2D eigenvalue weighted by Crippen LogP contribution is -2.58. The Morgan fingerprint density at radius 3 is 2.64 bits per heavy atom. The number of aldehydes is 1. The van der Waals surface area contributed by atoms with Gasteiger partial charge >= 0.3 is 0 Å². The Kier molecular flexibility index (Phi) is 3.56. The van der Waals surface area contributed by atoms with Crippen LogP contribution in [0, 0.1) is 5.82 Å². The highest BCUT2D eigenvalue weighted by atomic mass is 19.1. The molecule has 1 heterocycles. The Labute approximate surface area is 127 Å². The first kappa shape index (κ1) is 14.5. The number of carbonyl (C=O) groups is 1. The van der Waals surface area contributed by atoms with Crippen molar-refractivity contribution < 1.29 is 9.18 Å². The van der Waals surface area contributed by atoms with Gasteiger partial charge in [0.15, 0.2) is 6.29 Å². The molecule has 1 aromatic carbocycles. The molecule has 4 N–H and O–H groups in total. The summed E-state index contributed by atoms with van der Waals surface area (Å²) in [6, 6.07) is 4.02. The standard InChI is InChI=1S/C15H18FN5O/c16-11-4-5-12(10(8-11)9-22)21-14(18)19-13(17)20-15(21)6-2-1-3-7-15/h4-5,8-9H,1-3,6-7H2,(H4,17,18,19,20). The Hall–Kier alpha value is -2.44. The maximum atomic E-state index is 13.4. The minimum atomic E-state index is -0.635. The number of guanidine groups is 2. The van der Waals surface area contributed by atoms with Gasteiger partial charge in [0.05, 0.1) is 5.69 Å². The number of anilines is 1. The van der Waals surface area contributed by atoms with Gasteiger partial charge in [-0.05, 0) is 43.9 Å². The average molecular weight is 303 g/mol. The molecule has 1 saturated carbocycles. The van der Waals surface area contributed by atoms with E-state index in [0.717, 1.165) is 32.1 Å². The number of nitrogens with two attached hydrogens (primary N) is 2. The Morgan fingerprint density at radius 2 is 1.95 bits per heavy atom. The van der Waals surface area contributed by atoms with Crippen molar-refractivity contribution in [2.24, 2.45) is 21.5 Å². The van der Waals surface area contributed by atoms with E-state index in [2.05, 4.69) is 9.98 Å². The largest absolute Gasteiger partial charge is 0.369 e. The molecule has 1 aromatic rings. The minimum absolute atomic E-state index is 0.144. The second-order valence-corrected chi connectivity index (χ2v) is 5.64. The Balaban J connectivity index is 2.14. The van der Waals surface area contributed by atoms with E-state index in [1.807, 2.05) is 0 Å². The van der Waals surface area contributed by atoms with Crippen LogP contribution in [0.4, 0.5) is 10.1 Å². The first-order chi connectivity index (χ1) is 10.6. The van der Waals surface area contributed by atoms with Crippen LogP contribution in [0.15, 0.2) is 28.2 Å². The lowest BCUT2D eigenvalue weighted by Gasteiger charge is -2.46. The van der Waals surface area contributed by atoms with Gasteiger partial charge < -0.3 is 11.5 Å². The summed E-state index contributed by atoms with van der Waals surface area (Å²) in [6.07, 6.45) is 5.23. The molecule has 7 heteroatoms. The number of hydrogen-bond acceptors (Lipinski definition) is 6. The van der Waals surface area contributed by atoms with E-state index in [-0.39, 0.29) is 17.5 Å². The van der Waals surface area contributed by atoms with Gasteiger partial charge in [-0.25, -0.2) is 9.38 Å². The molecule has 1 aliphatic carbocycles. The molecule has 0 amide bonds. The van der Waals surface area contributed by atoms with E-state index in [0.29, 0.717) is 12.0 Å². The monoisotopic (exact) mass is 303 g/mol. The van der Waals surface area contributed by atoms with Gasteiger partial charge in [0, 0.05) is 5.56 Å². The van der Waals surface area contributed by atoms with E-state index in [9.17, 15) is 9.18 Å². The molecular formula is C15H18FN5O. The molecule has 116 valence electrons. The third-order valence-electron chi connectivity index (χ3n) is 4.21. The fourth-order valence-corrected chi connectivity index (χ4v) is 3.29. The zero-order valence-corrected chi connectivity index (χ0v) is 12.1. The molecule has 0 bridgehead atoms. The van der Waals surface area contributed by atoms with Gasteiger partial charge in [-0.1, -0.05) is 6.42 Å². The predicted octanol–water partition coefficient (Wildman–Crippen LogP) is 1.75. The van der Waals surface area contributed by atoms with Crippen molar-refractivity contribution in [3.8, 4) is 0 Å². The molecule has 6 nitrogen and oxygen atoms in total. The first-order valence-corrected chi connectivity index (χ1v) is 7.30. The maximum absolute atomic E-state index is 13.4. The van der Waals surface area contributed by atoms with Crippen LogP contribution >= 0.6 is 0 Å². The third kappa shape index (κ3) is 2.32. The second-order valence-electron chi connectivity index (χ2n) is 5.64. The summed E-state index contributed by atoms with van der Waals surface area (Å²) in [5.74, 6) is -0.145. The van der Waals surface area contributed by atoms with E-state index in [1.165, 1.54) is 18.2 Å². The molecule has 1 aliphatic heterocycles. The Bertz CT molecular complexity index is 664. The number of aliphatic imine (C=N–C) groups is 2. The SMILES string of the molecule is NC1=NC2(CCCCC2)N(c2ccc(F)cc2C=O)C(N)=N1. The van der Waals surface area contributed by atoms with E-state index in [1.54, 1.807) is 4.90 Å². The molecular weight excluding hydrogens is 285 g/mol. The highest BCUT2D eigenvalue weighted by Gasteiger charge is 2.43. The first-order valence-electron chi connectivity index (χ1n) is 7.30. The number of hydrogen-bond donors (Lipinski definition) is 2. The van der Waals surface area contributed by atoms with Crippen molar-refractivity contribution in [2.75, 3.05) is 4.90 Å². The van der Waals surface area contributed by atoms with Crippen LogP contribution in [0.2, 0.25) is 0 Å². The minimum Gasteiger partial charge on any atom is -0.369 e. The maximum Gasteiger partial charge on any atom is 0.220 e. The van der Waals surface area contributed by atoms with E-state index >= 15 is 0 Å². The van der Waals surface area contributed by atoms with Crippen LogP contribution in [-0.2, 0) is 0 Å². The smallest absolute Gasteiger partial charge is 0.220 e. The summed E-state index contributed by atoms with van der Waals surface area (Å²) in [6.45, 7) is 0. The van der Waals surface area contributed by atoms with Crippen LogP contribution in [0.25, 0.3) is 0 Å². The van der Waals surface area contributed by atoms with Crippen LogP contribution < -0.4 is 16.4 Å². The second kappa shape index (κ2) is 5.40. The lowest BCUT2D eigenvalue weighted by molar-refractivity contribution is 0.112. The zero-order valence-electron chi connectivity index (χ0n) is 12.1. The molecule has 1 fully saturated rings. The molecule has 3 rings (SSSR count). The Morgan fingerprint density at radius 1 is 1.23 bits per heavy atom. The van der Waals surface area contributed by atoms with E-state index in [4.69, 9.17) is 11.5 Å². The fraction of sp³-hybridized carbons (Fsp3) is 0.400. The summed E-state index contributed by atoms with van der Waals surface area (Å²) in [4.78, 5) is 21.6. The van der Waals surface area contributed by atoms with Crippen molar-refractivity contribution in [3.63, 3.8) is 0 Å². The average Bonchev–Trinajstić information content (AvgIpc) is 2.48. The number of carbonyl (C=O) groups excluding carboxylic acids is 1. The van der Waals surface area contributed by atoms with Gasteiger partial charge in [-0.3, -0.25) is 9.69 Å². The summed E-state index contributed by atoms with van der Waals surface area (Å²) in [7, 11) is 0. The quantitative estimate of drug-likeness (QED) is 0.813.